The molecule has 0 aliphatic rings. The van der Waals surface area contributed by atoms with E-state index in [4.69, 9.17) is 0 Å². The summed E-state index contributed by atoms with van der Waals surface area (Å²) in [5, 5.41) is 0. The zero-order valence-electron chi connectivity index (χ0n) is 9.19. The molecule has 3 nitrogen and oxygen atoms in total. The van der Waals surface area contributed by atoms with Crippen molar-refractivity contribution in [1.82, 2.24) is 4.90 Å². The molecule has 0 amide bonds. The van der Waals surface area contributed by atoms with Gasteiger partial charge in [-0.05, 0) is 31.8 Å². The normalized spacial score (nSPS) is 9.60. The van der Waals surface area contributed by atoms with Crippen molar-refractivity contribution in [3.63, 3.8) is 0 Å². The molecular weight excluding hydrogens is 214 g/mol. The first-order valence-electron chi connectivity index (χ1n) is 4.45. The maximum absolute atomic E-state index is 11.1. The molecule has 0 radical (unpaired) electrons. The number of nitrogens with zero attached hydrogens (tertiary/aromatic N) is 1. The summed E-state index contributed by atoms with van der Waals surface area (Å²) in [6.45, 7) is 0.876. The number of rotatable bonds is 3. The third-order valence-corrected chi connectivity index (χ3v) is 1.87. The van der Waals surface area contributed by atoms with Crippen LogP contribution < -0.4 is 0 Å². The van der Waals surface area contributed by atoms with Crippen molar-refractivity contribution in [3.8, 4) is 0 Å². The van der Waals surface area contributed by atoms with Gasteiger partial charge in [0, 0.05) is 6.54 Å². The number of hydrogen-bond donors (Lipinski definition) is 0. The second-order valence-corrected chi connectivity index (χ2v) is 3.43. The highest BCUT2D eigenvalue weighted by Crippen LogP contribution is 2.06. The number of hydrogen-bond acceptors (Lipinski definition) is 3. The number of carbonyl (C=O) groups excluding carboxylic acids is 1. The molecule has 4 heteroatoms. The zero-order valence-corrected chi connectivity index (χ0v) is 10.0. The zero-order chi connectivity index (χ0) is 10.6. The Balaban J connectivity index is 0.00000196. The Hall–Kier alpha value is -1.06. The van der Waals surface area contributed by atoms with E-state index in [2.05, 4.69) is 9.64 Å². The van der Waals surface area contributed by atoms with E-state index < -0.39 is 0 Å². The number of ether oxygens (including phenoxy) is 1. The van der Waals surface area contributed by atoms with Gasteiger partial charge in [-0.1, -0.05) is 12.1 Å². The van der Waals surface area contributed by atoms with Crippen molar-refractivity contribution in [1.29, 1.82) is 0 Å². The van der Waals surface area contributed by atoms with Crippen molar-refractivity contribution >= 4 is 18.4 Å². The topological polar surface area (TPSA) is 29.5 Å². The van der Waals surface area contributed by atoms with Crippen LogP contribution in [0.3, 0.4) is 0 Å². The summed E-state index contributed by atoms with van der Waals surface area (Å²) in [5.41, 5.74) is 1.78. The molecule has 1 aromatic carbocycles. The average Bonchev–Trinajstić information content (AvgIpc) is 2.17. The Morgan fingerprint density at radius 3 is 2.20 bits per heavy atom. The maximum Gasteiger partial charge on any atom is 0.337 e. The molecule has 0 bridgehead atoms. The van der Waals surface area contributed by atoms with Gasteiger partial charge in [0.15, 0.2) is 0 Å². The van der Waals surface area contributed by atoms with Gasteiger partial charge in [0.05, 0.1) is 12.7 Å². The molecule has 0 aliphatic carbocycles. The van der Waals surface area contributed by atoms with Gasteiger partial charge in [-0.3, -0.25) is 0 Å². The summed E-state index contributed by atoms with van der Waals surface area (Å²) >= 11 is 0. The van der Waals surface area contributed by atoms with Crippen molar-refractivity contribution in [2.75, 3.05) is 21.2 Å². The molecule has 0 atom stereocenters. The van der Waals surface area contributed by atoms with E-state index >= 15 is 0 Å². The van der Waals surface area contributed by atoms with E-state index in [9.17, 15) is 4.79 Å². The molecule has 0 aliphatic heterocycles. The van der Waals surface area contributed by atoms with Crippen LogP contribution in [-0.4, -0.2) is 32.1 Å². The van der Waals surface area contributed by atoms with Crippen LogP contribution in [0.2, 0.25) is 0 Å². The quantitative estimate of drug-likeness (QED) is 0.743. The minimum Gasteiger partial charge on any atom is -0.465 e. The van der Waals surface area contributed by atoms with E-state index in [1.807, 2.05) is 26.2 Å². The van der Waals surface area contributed by atoms with Crippen LogP contribution in [0, 0.1) is 0 Å². The van der Waals surface area contributed by atoms with Crippen molar-refractivity contribution in [2.24, 2.45) is 0 Å². The molecule has 0 N–H and O–H groups in total. The number of esters is 1. The second kappa shape index (κ2) is 6.43. The van der Waals surface area contributed by atoms with Crippen LogP contribution in [0.4, 0.5) is 0 Å². The van der Waals surface area contributed by atoms with Gasteiger partial charge in [-0.25, -0.2) is 4.79 Å². The molecule has 0 saturated carbocycles. The van der Waals surface area contributed by atoms with Crippen LogP contribution in [-0.2, 0) is 11.3 Å². The van der Waals surface area contributed by atoms with Gasteiger partial charge in [0.25, 0.3) is 0 Å². The molecule has 0 aromatic heterocycles. The summed E-state index contributed by atoms with van der Waals surface area (Å²) in [6.07, 6.45) is 0. The van der Waals surface area contributed by atoms with Gasteiger partial charge in [-0.2, -0.15) is 0 Å². The van der Waals surface area contributed by atoms with Gasteiger partial charge in [0.2, 0.25) is 0 Å². The molecule has 0 spiro atoms. The summed E-state index contributed by atoms with van der Waals surface area (Å²) in [6, 6.07) is 7.44. The maximum atomic E-state index is 11.1. The fraction of sp³-hybridized carbons (Fsp3) is 0.364. The number of halogens is 1. The number of carbonyl (C=O) groups is 1. The van der Waals surface area contributed by atoms with Gasteiger partial charge in [-0.15, -0.1) is 12.4 Å². The summed E-state index contributed by atoms with van der Waals surface area (Å²) in [4.78, 5) is 13.2. The smallest absolute Gasteiger partial charge is 0.337 e. The average molecular weight is 230 g/mol. The summed E-state index contributed by atoms with van der Waals surface area (Å²) in [7, 11) is 5.40. The molecule has 0 saturated heterocycles. The standard InChI is InChI=1S/C11H15NO2.ClH/c1-12(2)8-9-4-6-10(7-5-9)11(13)14-3;/h4-7H,8H2,1-3H3;1H. The lowest BCUT2D eigenvalue weighted by Crippen LogP contribution is -2.10. The SMILES string of the molecule is COC(=O)c1ccc(CN(C)C)cc1.Cl. The highest BCUT2D eigenvalue weighted by molar-refractivity contribution is 5.89. The monoisotopic (exact) mass is 229 g/mol. The van der Waals surface area contributed by atoms with Crippen LogP contribution in [0.15, 0.2) is 24.3 Å². The predicted octanol–water partition coefficient (Wildman–Crippen LogP) is 1.96. The van der Waals surface area contributed by atoms with Gasteiger partial charge in [0.1, 0.15) is 0 Å². The molecular formula is C11H16ClNO2. The molecule has 0 unspecified atom stereocenters. The van der Waals surface area contributed by atoms with Gasteiger partial charge >= 0.3 is 5.97 Å². The van der Waals surface area contributed by atoms with E-state index in [1.54, 1.807) is 12.1 Å². The molecule has 1 rings (SSSR count). The van der Waals surface area contributed by atoms with Crippen LogP contribution in [0.5, 0.6) is 0 Å². The van der Waals surface area contributed by atoms with Crippen molar-refractivity contribution in [3.05, 3.63) is 35.4 Å². The fourth-order valence-corrected chi connectivity index (χ4v) is 1.23. The van der Waals surface area contributed by atoms with Gasteiger partial charge < -0.3 is 9.64 Å². The molecule has 84 valence electrons. The van der Waals surface area contributed by atoms with Crippen molar-refractivity contribution in [2.45, 2.75) is 6.54 Å². The first-order valence-corrected chi connectivity index (χ1v) is 4.45. The Bertz CT molecular complexity index is 309. The van der Waals surface area contributed by atoms with Crippen LogP contribution in [0.1, 0.15) is 15.9 Å². The summed E-state index contributed by atoms with van der Waals surface area (Å²) in [5.74, 6) is -0.290. The van der Waals surface area contributed by atoms with E-state index in [-0.39, 0.29) is 18.4 Å². The van der Waals surface area contributed by atoms with E-state index in [1.165, 1.54) is 12.7 Å². The van der Waals surface area contributed by atoms with E-state index in [0.29, 0.717) is 5.56 Å². The second-order valence-electron chi connectivity index (χ2n) is 3.43. The predicted molar refractivity (Wildman–Crippen MR) is 62.4 cm³/mol. The minimum atomic E-state index is -0.290. The third kappa shape index (κ3) is 4.32. The third-order valence-electron chi connectivity index (χ3n) is 1.87. The Morgan fingerprint density at radius 1 is 1.27 bits per heavy atom. The lowest BCUT2D eigenvalue weighted by atomic mass is 10.1. The van der Waals surface area contributed by atoms with Crippen LogP contribution >= 0.6 is 12.4 Å². The minimum absolute atomic E-state index is 0. The first-order chi connectivity index (χ1) is 6.63. The highest BCUT2D eigenvalue weighted by Gasteiger charge is 2.04. The highest BCUT2D eigenvalue weighted by atomic mass is 35.5. The first kappa shape index (κ1) is 13.9. The number of methoxy groups -OCH3 is 1. The number of benzene rings is 1. The van der Waals surface area contributed by atoms with E-state index in [0.717, 1.165) is 6.54 Å². The largest absolute Gasteiger partial charge is 0.465 e. The summed E-state index contributed by atoms with van der Waals surface area (Å²) < 4.78 is 4.61. The Kier molecular flexibility index (Phi) is 5.97. The molecule has 0 heterocycles. The lowest BCUT2D eigenvalue weighted by molar-refractivity contribution is 0.0600. The molecule has 0 fully saturated rings. The Labute approximate surface area is 96.4 Å². The molecule has 1 aromatic rings. The fourth-order valence-electron chi connectivity index (χ4n) is 1.23. The lowest BCUT2D eigenvalue weighted by Gasteiger charge is -2.09. The Morgan fingerprint density at radius 2 is 1.80 bits per heavy atom. The van der Waals surface area contributed by atoms with Crippen molar-refractivity contribution < 1.29 is 9.53 Å². The molecule has 15 heavy (non-hydrogen) atoms. The van der Waals surface area contributed by atoms with Crippen LogP contribution in [0.25, 0.3) is 0 Å².